The van der Waals surface area contributed by atoms with Gasteiger partial charge >= 0.3 is 6.03 Å². The van der Waals surface area contributed by atoms with E-state index < -0.39 is 6.03 Å². The molecule has 3 amide bonds. The van der Waals surface area contributed by atoms with Gasteiger partial charge < -0.3 is 15.8 Å². The maximum absolute atomic E-state index is 11.9. The SMILES string of the molecule is Cc1ccc(OCNC(=O)N(C=O)CCCN)c(C(C)(C)C)c1. The van der Waals surface area contributed by atoms with Gasteiger partial charge in [0.25, 0.3) is 0 Å². The van der Waals surface area contributed by atoms with Crippen LogP contribution in [0.15, 0.2) is 18.2 Å². The van der Waals surface area contributed by atoms with Crippen LogP contribution < -0.4 is 15.8 Å². The van der Waals surface area contributed by atoms with Crippen molar-refractivity contribution < 1.29 is 14.3 Å². The standard InChI is InChI=1S/C17H27N3O3/c1-13-6-7-15(14(10-13)17(2,3)4)23-11-19-16(22)20(12-21)9-5-8-18/h6-7,10,12H,5,8-9,11,18H2,1-4H3,(H,19,22). The molecule has 6 heteroatoms. The van der Waals surface area contributed by atoms with Crippen molar-refractivity contribution in [2.75, 3.05) is 19.8 Å². The van der Waals surface area contributed by atoms with E-state index in [9.17, 15) is 9.59 Å². The molecule has 0 aliphatic carbocycles. The van der Waals surface area contributed by atoms with E-state index >= 15 is 0 Å². The Hall–Kier alpha value is -2.08. The van der Waals surface area contributed by atoms with Crippen LogP contribution in [0.2, 0.25) is 0 Å². The molecule has 0 fully saturated rings. The van der Waals surface area contributed by atoms with Gasteiger partial charge in [-0.25, -0.2) is 4.79 Å². The summed E-state index contributed by atoms with van der Waals surface area (Å²) < 4.78 is 5.69. The summed E-state index contributed by atoms with van der Waals surface area (Å²) in [5.41, 5.74) is 7.53. The molecule has 0 aliphatic rings. The lowest BCUT2D eigenvalue weighted by molar-refractivity contribution is -0.115. The van der Waals surface area contributed by atoms with E-state index in [1.165, 1.54) is 0 Å². The Morgan fingerprint density at radius 1 is 1.39 bits per heavy atom. The van der Waals surface area contributed by atoms with Crippen molar-refractivity contribution in [2.24, 2.45) is 5.73 Å². The van der Waals surface area contributed by atoms with E-state index in [1.54, 1.807) is 0 Å². The third-order valence-electron chi connectivity index (χ3n) is 3.39. The Balaban J connectivity index is 2.65. The summed E-state index contributed by atoms with van der Waals surface area (Å²) >= 11 is 0. The van der Waals surface area contributed by atoms with Gasteiger partial charge in [-0.2, -0.15) is 0 Å². The zero-order valence-corrected chi connectivity index (χ0v) is 14.4. The maximum Gasteiger partial charge on any atom is 0.326 e. The molecule has 6 nitrogen and oxygen atoms in total. The van der Waals surface area contributed by atoms with Crippen LogP contribution in [-0.4, -0.2) is 37.2 Å². The van der Waals surface area contributed by atoms with Crippen LogP contribution >= 0.6 is 0 Å². The molecule has 3 N–H and O–H groups in total. The molecule has 0 radical (unpaired) electrons. The topological polar surface area (TPSA) is 84.7 Å². The van der Waals surface area contributed by atoms with Crippen LogP contribution in [0, 0.1) is 6.92 Å². The second-order valence-corrected chi connectivity index (χ2v) is 6.46. The fourth-order valence-electron chi connectivity index (χ4n) is 2.10. The van der Waals surface area contributed by atoms with Gasteiger partial charge in [0.15, 0.2) is 6.73 Å². The predicted octanol–water partition coefficient (Wildman–Crippen LogP) is 2.15. The van der Waals surface area contributed by atoms with Gasteiger partial charge in [-0.1, -0.05) is 38.5 Å². The van der Waals surface area contributed by atoms with Crippen molar-refractivity contribution in [1.82, 2.24) is 10.2 Å². The first kappa shape index (κ1) is 19.0. The second kappa shape index (κ2) is 8.53. The average molecular weight is 321 g/mol. The lowest BCUT2D eigenvalue weighted by atomic mass is 9.85. The van der Waals surface area contributed by atoms with E-state index in [0.29, 0.717) is 25.9 Å². The number of urea groups is 1. The molecule has 0 saturated carbocycles. The van der Waals surface area contributed by atoms with Gasteiger partial charge in [-0.15, -0.1) is 0 Å². The molecule has 0 heterocycles. The average Bonchev–Trinajstić information content (AvgIpc) is 2.48. The second-order valence-electron chi connectivity index (χ2n) is 6.46. The van der Waals surface area contributed by atoms with Crippen molar-refractivity contribution in [3.63, 3.8) is 0 Å². The number of hydrogen-bond donors (Lipinski definition) is 2. The van der Waals surface area contributed by atoms with E-state index in [2.05, 4.69) is 32.2 Å². The zero-order valence-electron chi connectivity index (χ0n) is 14.4. The Bertz CT molecular complexity index is 538. The number of carbonyl (C=O) groups is 2. The molecule has 1 rings (SSSR count). The quantitative estimate of drug-likeness (QED) is 0.595. The lowest BCUT2D eigenvalue weighted by Crippen LogP contribution is -2.41. The first-order valence-electron chi connectivity index (χ1n) is 7.73. The molecular formula is C17H27N3O3. The fourth-order valence-corrected chi connectivity index (χ4v) is 2.10. The monoisotopic (exact) mass is 321 g/mol. The number of rotatable bonds is 7. The molecule has 1 aromatic carbocycles. The number of benzene rings is 1. The minimum Gasteiger partial charge on any atom is -0.473 e. The summed E-state index contributed by atoms with van der Waals surface area (Å²) in [6.45, 7) is 9.06. The van der Waals surface area contributed by atoms with Crippen LogP contribution in [-0.2, 0) is 10.2 Å². The molecular weight excluding hydrogens is 294 g/mol. The highest BCUT2D eigenvalue weighted by Gasteiger charge is 2.19. The number of aryl methyl sites for hydroxylation is 1. The molecule has 0 atom stereocenters. The third-order valence-corrected chi connectivity index (χ3v) is 3.39. The first-order chi connectivity index (χ1) is 10.8. The number of nitrogens with zero attached hydrogens (tertiary/aromatic N) is 1. The molecule has 0 unspecified atom stereocenters. The molecule has 0 aromatic heterocycles. The Kier molecular flexibility index (Phi) is 7.03. The van der Waals surface area contributed by atoms with Crippen LogP contribution in [0.3, 0.4) is 0 Å². The third kappa shape index (κ3) is 5.90. The molecule has 0 bridgehead atoms. The number of nitrogens with two attached hydrogens (primary N) is 1. The minimum atomic E-state index is -0.488. The largest absolute Gasteiger partial charge is 0.473 e. The summed E-state index contributed by atoms with van der Waals surface area (Å²) in [7, 11) is 0. The van der Waals surface area contributed by atoms with Gasteiger partial charge in [0, 0.05) is 6.54 Å². The molecule has 1 aromatic rings. The minimum absolute atomic E-state index is 0.00204. The van der Waals surface area contributed by atoms with E-state index in [0.717, 1.165) is 21.8 Å². The maximum atomic E-state index is 11.9. The highest BCUT2D eigenvalue weighted by atomic mass is 16.5. The molecule has 23 heavy (non-hydrogen) atoms. The summed E-state index contributed by atoms with van der Waals surface area (Å²) in [6.07, 6.45) is 1.07. The number of imide groups is 1. The van der Waals surface area contributed by atoms with Crippen molar-refractivity contribution in [2.45, 2.75) is 39.5 Å². The van der Waals surface area contributed by atoms with Gasteiger partial charge in [0.1, 0.15) is 5.75 Å². The van der Waals surface area contributed by atoms with Crippen molar-refractivity contribution in [1.29, 1.82) is 0 Å². The summed E-state index contributed by atoms with van der Waals surface area (Å²) in [4.78, 5) is 23.8. The lowest BCUT2D eigenvalue weighted by Gasteiger charge is -2.24. The molecule has 0 spiro atoms. The van der Waals surface area contributed by atoms with Crippen LogP contribution in [0.4, 0.5) is 4.79 Å². The predicted molar refractivity (Wildman–Crippen MR) is 90.3 cm³/mol. The molecule has 0 aliphatic heterocycles. The Morgan fingerprint density at radius 2 is 2.09 bits per heavy atom. The zero-order chi connectivity index (χ0) is 17.5. The van der Waals surface area contributed by atoms with Gasteiger partial charge in [0.05, 0.1) is 0 Å². The Labute approximate surface area is 138 Å². The van der Waals surface area contributed by atoms with E-state index in [4.69, 9.17) is 10.5 Å². The molecule has 128 valence electrons. The Morgan fingerprint density at radius 3 is 2.65 bits per heavy atom. The van der Waals surface area contributed by atoms with Crippen LogP contribution in [0.1, 0.15) is 38.3 Å². The highest BCUT2D eigenvalue weighted by molar-refractivity contribution is 5.84. The number of ether oxygens (including phenoxy) is 1. The first-order valence-corrected chi connectivity index (χ1v) is 7.73. The summed E-state index contributed by atoms with van der Waals surface area (Å²) in [6, 6.07) is 5.45. The smallest absolute Gasteiger partial charge is 0.326 e. The van der Waals surface area contributed by atoms with E-state index in [-0.39, 0.29) is 12.1 Å². The number of nitrogens with one attached hydrogen (secondary N) is 1. The normalized spacial score (nSPS) is 11.0. The number of hydrogen-bond acceptors (Lipinski definition) is 4. The van der Waals surface area contributed by atoms with E-state index in [1.807, 2.05) is 19.1 Å². The van der Waals surface area contributed by atoms with Crippen molar-refractivity contribution in [3.8, 4) is 5.75 Å². The van der Waals surface area contributed by atoms with Crippen LogP contribution in [0.25, 0.3) is 0 Å². The summed E-state index contributed by atoms with van der Waals surface area (Å²) in [5, 5.41) is 2.58. The number of carbonyl (C=O) groups excluding carboxylic acids is 2. The molecule has 0 saturated heterocycles. The van der Waals surface area contributed by atoms with Crippen LogP contribution in [0.5, 0.6) is 5.75 Å². The number of amides is 3. The van der Waals surface area contributed by atoms with Gasteiger partial charge in [-0.3, -0.25) is 9.69 Å². The van der Waals surface area contributed by atoms with Gasteiger partial charge in [-0.05, 0) is 36.9 Å². The highest BCUT2D eigenvalue weighted by Crippen LogP contribution is 2.31. The summed E-state index contributed by atoms with van der Waals surface area (Å²) in [5.74, 6) is 0.725. The van der Waals surface area contributed by atoms with Crippen molar-refractivity contribution >= 4 is 12.4 Å². The van der Waals surface area contributed by atoms with Gasteiger partial charge in [0.2, 0.25) is 6.41 Å². The fraction of sp³-hybridized carbons (Fsp3) is 0.529. The van der Waals surface area contributed by atoms with Crippen molar-refractivity contribution in [3.05, 3.63) is 29.3 Å².